The van der Waals surface area contributed by atoms with Crippen LogP contribution in [0.2, 0.25) is 0 Å². The van der Waals surface area contributed by atoms with Crippen molar-refractivity contribution < 1.29 is 18.3 Å². The third-order valence-electron chi connectivity index (χ3n) is 6.40. The van der Waals surface area contributed by atoms with E-state index in [-0.39, 0.29) is 18.0 Å². The predicted octanol–water partition coefficient (Wildman–Crippen LogP) is 2.74. The Bertz CT molecular complexity index is 1310. The van der Waals surface area contributed by atoms with Crippen LogP contribution in [0.5, 0.6) is 0 Å². The summed E-state index contributed by atoms with van der Waals surface area (Å²) in [5.41, 5.74) is 0.912. The molecule has 3 aromatic rings. The summed E-state index contributed by atoms with van der Waals surface area (Å²) < 4.78 is 28.5. The molecule has 2 saturated heterocycles. The minimum Gasteiger partial charge on any atom is -0.481 e. The quantitative estimate of drug-likeness (QED) is 0.522. The fourth-order valence-corrected chi connectivity index (χ4v) is 6.40. The van der Waals surface area contributed by atoms with Gasteiger partial charge in [-0.05, 0) is 63.0 Å². The maximum atomic E-state index is 13.4. The summed E-state index contributed by atoms with van der Waals surface area (Å²) in [7, 11) is -3.58. The van der Waals surface area contributed by atoms with Crippen molar-refractivity contribution in [3.63, 3.8) is 0 Å². The highest BCUT2D eigenvalue weighted by atomic mass is 32.2. The lowest BCUT2D eigenvalue weighted by Crippen LogP contribution is -2.42. The van der Waals surface area contributed by atoms with Crippen molar-refractivity contribution in [1.82, 2.24) is 19.2 Å². The number of sulfonamides is 1. The molecule has 0 saturated carbocycles. The van der Waals surface area contributed by atoms with Crippen LogP contribution >= 0.6 is 0 Å². The van der Waals surface area contributed by atoms with Crippen LogP contribution < -0.4 is 5.56 Å². The summed E-state index contributed by atoms with van der Waals surface area (Å²) in [6.45, 7) is 5.13. The van der Waals surface area contributed by atoms with Crippen molar-refractivity contribution in [3.8, 4) is 0 Å². The number of nitrogens with one attached hydrogen (secondary N) is 2. The van der Waals surface area contributed by atoms with E-state index in [2.05, 4.69) is 14.9 Å². The Morgan fingerprint density at radius 1 is 1.12 bits per heavy atom. The topological polar surface area (TPSA) is 127 Å². The lowest BCUT2D eigenvalue weighted by Gasteiger charge is -2.28. The minimum absolute atomic E-state index is 0.0432. The maximum Gasteiger partial charge on any atom is 0.303 e. The molecule has 0 amide bonds. The molecule has 0 spiro atoms. The first-order valence-electron chi connectivity index (χ1n) is 11.4. The zero-order valence-electron chi connectivity index (χ0n) is 18.7. The van der Waals surface area contributed by atoms with E-state index in [1.807, 2.05) is 6.07 Å². The second kappa shape index (κ2) is 9.66. The largest absolute Gasteiger partial charge is 0.481 e. The molecule has 0 aliphatic carbocycles. The van der Waals surface area contributed by atoms with Gasteiger partial charge in [0.2, 0.25) is 10.0 Å². The third kappa shape index (κ3) is 4.83. The summed E-state index contributed by atoms with van der Waals surface area (Å²) in [4.78, 5) is 29.9. The van der Waals surface area contributed by atoms with Crippen LogP contribution in [0.1, 0.15) is 39.0 Å². The van der Waals surface area contributed by atoms with Crippen LogP contribution in [0.25, 0.3) is 21.8 Å². The Labute approximate surface area is 192 Å². The molecule has 2 aliphatic rings. The van der Waals surface area contributed by atoms with E-state index in [1.54, 1.807) is 35.6 Å². The van der Waals surface area contributed by atoms with Gasteiger partial charge in [-0.25, -0.2) is 8.42 Å². The number of carboxylic acids is 1. The molecular weight excluding hydrogens is 444 g/mol. The molecule has 3 N–H and O–H groups in total. The van der Waals surface area contributed by atoms with Crippen LogP contribution in [0.3, 0.4) is 0 Å². The first kappa shape index (κ1) is 23.5. The van der Waals surface area contributed by atoms with Crippen LogP contribution in [0.15, 0.2) is 40.2 Å². The van der Waals surface area contributed by atoms with Gasteiger partial charge in [0.1, 0.15) is 5.52 Å². The molecule has 178 valence electrons. The molecule has 5 rings (SSSR count). The summed E-state index contributed by atoms with van der Waals surface area (Å²) in [5, 5.41) is 9.21. The van der Waals surface area contributed by atoms with E-state index < -0.39 is 16.0 Å². The van der Waals surface area contributed by atoms with Crippen molar-refractivity contribution in [3.05, 3.63) is 40.8 Å². The molecule has 0 radical (unpaired) electrons. The van der Waals surface area contributed by atoms with Crippen molar-refractivity contribution in [2.45, 2.75) is 50.0 Å². The van der Waals surface area contributed by atoms with Gasteiger partial charge in [0.25, 0.3) is 5.56 Å². The monoisotopic (exact) mass is 474 g/mol. The van der Waals surface area contributed by atoms with Crippen molar-refractivity contribution >= 4 is 37.8 Å². The predicted molar refractivity (Wildman–Crippen MR) is 127 cm³/mol. The molecule has 10 heteroatoms. The minimum atomic E-state index is -3.58. The van der Waals surface area contributed by atoms with E-state index >= 15 is 0 Å². The van der Waals surface area contributed by atoms with Gasteiger partial charge in [-0.2, -0.15) is 4.31 Å². The lowest BCUT2D eigenvalue weighted by atomic mass is 10.1. The average Bonchev–Trinajstić information content (AvgIpc) is 3.56. The van der Waals surface area contributed by atoms with Gasteiger partial charge in [-0.15, -0.1) is 0 Å². The molecule has 2 fully saturated rings. The molecule has 2 aromatic heterocycles. The fourth-order valence-electron chi connectivity index (χ4n) is 4.69. The molecule has 4 heterocycles. The number of H-pyrrole nitrogens is 2. The van der Waals surface area contributed by atoms with E-state index in [9.17, 15) is 18.0 Å². The van der Waals surface area contributed by atoms with Crippen LogP contribution in [0.4, 0.5) is 0 Å². The molecule has 33 heavy (non-hydrogen) atoms. The molecule has 2 aliphatic heterocycles. The lowest BCUT2D eigenvalue weighted by molar-refractivity contribution is -0.136. The number of likely N-dealkylation sites (tertiary alicyclic amines) is 1. The number of carbonyl (C=O) groups is 1. The normalized spacial score (nSPS) is 19.7. The zero-order chi connectivity index (χ0) is 23.6. The van der Waals surface area contributed by atoms with Crippen LogP contribution in [-0.4, -0.2) is 70.9 Å². The fraction of sp³-hybridized carbons (Fsp3) is 0.478. The van der Waals surface area contributed by atoms with E-state index in [4.69, 9.17) is 5.11 Å². The van der Waals surface area contributed by atoms with Crippen molar-refractivity contribution in [2.75, 3.05) is 26.2 Å². The standard InChI is InChI=1S/C20H24N4O3S.C3H6O2/c25-20-19-16(7-8-21-19)17-12-15(5-6-18(17)22-20)28(26,27)24-11-3-4-14(24)13-23-9-1-2-10-23;1-2-3(4)5/h5-8,12,14,21H,1-4,9-11,13H2,(H,22,25);2H2,1H3,(H,4,5). The first-order chi connectivity index (χ1) is 15.8. The Morgan fingerprint density at radius 2 is 1.85 bits per heavy atom. The first-order valence-corrected chi connectivity index (χ1v) is 12.8. The van der Waals surface area contributed by atoms with Gasteiger partial charge in [-0.3, -0.25) is 9.59 Å². The number of aromatic amines is 2. The highest BCUT2D eigenvalue weighted by molar-refractivity contribution is 7.89. The van der Waals surface area contributed by atoms with E-state index in [0.29, 0.717) is 22.5 Å². The number of aromatic nitrogens is 2. The highest BCUT2D eigenvalue weighted by Crippen LogP contribution is 2.30. The van der Waals surface area contributed by atoms with Gasteiger partial charge in [-0.1, -0.05) is 6.92 Å². The van der Waals surface area contributed by atoms with Gasteiger partial charge in [0.15, 0.2) is 0 Å². The smallest absolute Gasteiger partial charge is 0.303 e. The molecule has 9 nitrogen and oxygen atoms in total. The molecule has 0 bridgehead atoms. The van der Waals surface area contributed by atoms with Gasteiger partial charge in [0, 0.05) is 48.0 Å². The number of benzene rings is 1. The van der Waals surface area contributed by atoms with E-state index in [0.717, 1.165) is 43.2 Å². The number of nitrogens with zero attached hydrogens (tertiary/aromatic N) is 2. The number of hydrogen-bond donors (Lipinski definition) is 3. The Kier molecular flexibility index (Phi) is 6.87. The number of rotatable bonds is 5. The number of aliphatic carboxylic acids is 1. The molecular formula is C23H30N4O5S. The van der Waals surface area contributed by atoms with Crippen molar-refractivity contribution in [1.29, 1.82) is 0 Å². The average molecular weight is 475 g/mol. The maximum absolute atomic E-state index is 13.4. The highest BCUT2D eigenvalue weighted by Gasteiger charge is 2.36. The second-order valence-corrected chi connectivity index (χ2v) is 10.5. The summed E-state index contributed by atoms with van der Waals surface area (Å²) in [6.07, 6.45) is 6.15. The molecule has 1 atom stereocenters. The van der Waals surface area contributed by atoms with Gasteiger partial charge < -0.3 is 20.0 Å². The number of fused-ring (bicyclic) bond motifs is 3. The Hall–Kier alpha value is -2.69. The number of hydrogen-bond acceptors (Lipinski definition) is 5. The number of pyridine rings is 1. The Balaban J connectivity index is 0.000000471. The summed E-state index contributed by atoms with van der Waals surface area (Å²) >= 11 is 0. The second-order valence-electron chi connectivity index (χ2n) is 8.59. The summed E-state index contributed by atoms with van der Waals surface area (Å²) in [5.74, 6) is -0.745. The number of carboxylic acid groups (broad SMARTS) is 1. The van der Waals surface area contributed by atoms with E-state index in [1.165, 1.54) is 12.8 Å². The van der Waals surface area contributed by atoms with Gasteiger partial charge >= 0.3 is 5.97 Å². The van der Waals surface area contributed by atoms with Gasteiger partial charge in [0.05, 0.1) is 4.90 Å². The zero-order valence-corrected chi connectivity index (χ0v) is 19.5. The summed E-state index contributed by atoms with van der Waals surface area (Å²) in [6, 6.07) is 6.86. The Morgan fingerprint density at radius 3 is 2.55 bits per heavy atom. The van der Waals surface area contributed by atoms with Crippen LogP contribution in [-0.2, 0) is 14.8 Å². The van der Waals surface area contributed by atoms with Crippen molar-refractivity contribution in [2.24, 2.45) is 0 Å². The van der Waals surface area contributed by atoms with Crippen LogP contribution in [0, 0.1) is 0 Å². The molecule has 1 aromatic carbocycles. The third-order valence-corrected chi connectivity index (χ3v) is 8.35. The SMILES string of the molecule is CCC(=O)O.O=c1[nH]c2ccc(S(=O)(=O)N3CCCC3CN3CCCC3)cc2c2cc[nH]c12. The molecule has 1 unspecified atom stereocenters.